The largest absolute Gasteiger partial charge is 0.465 e. The molecule has 0 saturated heterocycles. The van der Waals surface area contributed by atoms with Crippen LogP contribution in [-0.4, -0.2) is 18.4 Å². The number of aryl methyl sites for hydroxylation is 2. The van der Waals surface area contributed by atoms with Crippen LogP contribution in [0.3, 0.4) is 0 Å². The number of hydrogen-bond donors (Lipinski definition) is 2. The molecule has 0 bridgehead atoms. The van der Waals surface area contributed by atoms with E-state index in [2.05, 4.69) is 41.8 Å². The van der Waals surface area contributed by atoms with Crippen molar-refractivity contribution in [2.45, 2.75) is 19.8 Å². The van der Waals surface area contributed by atoms with E-state index in [0.717, 1.165) is 12.8 Å². The summed E-state index contributed by atoms with van der Waals surface area (Å²) >= 11 is 0. The van der Waals surface area contributed by atoms with Gasteiger partial charge in [0, 0.05) is 18.2 Å². The third-order valence-electron chi connectivity index (χ3n) is 4.41. The fourth-order valence-corrected chi connectivity index (χ4v) is 2.80. The fraction of sp³-hybridized carbons (Fsp3) is 0.167. The zero-order valence-electron chi connectivity index (χ0n) is 16.4. The number of furan rings is 1. The van der Waals surface area contributed by atoms with Crippen molar-refractivity contribution in [3.05, 3.63) is 101 Å². The molecule has 148 valence electrons. The molecule has 1 heterocycles. The zero-order valence-corrected chi connectivity index (χ0v) is 16.4. The summed E-state index contributed by atoms with van der Waals surface area (Å²) in [6, 6.07) is 20.6. The average molecular weight is 388 g/mol. The van der Waals surface area contributed by atoms with E-state index in [4.69, 9.17) is 4.42 Å². The highest BCUT2D eigenvalue weighted by molar-refractivity contribution is 6.05. The van der Waals surface area contributed by atoms with Crippen molar-refractivity contribution in [2.75, 3.05) is 6.54 Å². The van der Waals surface area contributed by atoms with Gasteiger partial charge in [0.1, 0.15) is 11.5 Å². The maximum absolute atomic E-state index is 12.7. The molecule has 0 atom stereocenters. The molecule has 1 aromatic heterocycles. The van der Waals surface area contributed by atoms with Gasteiger partial charge in [0.05, 0.1) is 6.26 Å². The first kappa shape index (κ1) is 20.1. The maximum Gasteiger partial charge on any atom is 0.267 e. The van der Waals surface area contributed by atoms with Gasteiger partial charge < -0.3 is 15.1 Å². The van der Waals surface area contributed by atoms with Crippen molar-refractivity contribution in [2.24, 2.45) is 0 Å². The van der Waals surface area contributed by atoms with Gasteiger partial charge in [-0.2, -0.15) is 0 Å². The summed E-state index contributed by atoms with van der Waals surface area (Å²) in [5, 5.41) is 5.56. The summed E-state index contributed by atoms with van der Waals surface area (Å²) < 4.78 is 5.29. The Labute approximate surface area is 170 Å². The topological polar surface area (TPSA) is 71.3 Å². The molecule has 2 aromatic carbocycles. The summed E-state index contributed by atoms with van der Waals surface area (Å²) in [6.07, 6.45) is 4.71. The summed E-state index contributed by atoms with van der Waals surface area (Å²) in [6.45, 7) is 2.56. The van der Waals surface area contributed by atoms with Crippen molar-refractivity contribution in [1.82, 2.24) is 10.6 Å². The molecule has 2 N–H and O–H groups in total. The quantitative estimate of drug-likeness (QED) is 0.451. The van der Waals surface area contributed by atoms with Crippen LogP contribution in [0.25, 0.3) is 6.08 Å². The Morgan fingerprint density at radius 3 is 2.41 bits per heavy atom. The van der Waals surface area contributed by atoms with Crippen molar-refractivity contribution < 1.29 is 14.0 Å². The van der Waals surface area contributed by atoms with E-state index in [0.29, 0.717) is 17.9 Å². The van der Waals surface area contributed by atoms with E-state index in [1.807, 2.05) is 6.07 Å². The third kappa shape index (κ3) is 6.21. The molecule has 0 spiro atoms. The standard InChI is InChI=1S/C24H24N2O3/c1-18-11-13-19(14-12-18)7-5-15-25-24(28)22(17-21-10-6-16-29-21)26-23(27)20-8-3-2-4-9-20/h2-4,6,8-14,16-17H,5,7,15H2,1H3,(H,25,28)(H,26,27)/b22-17-. The lowest BCUT2D eigenvalue weighted by molar-refractivity contribution is -0.117. The lowest BCUT2D eigenvalue weighted by Crippen LogP contribution is -2.35. The van der Waals surface area contributed by atoms with Gasteiger partial charge in [0.15, 0.2) is 0 Å². The zero-order chi connectivity index (χ0) is 20.5. The summed E-state index contributed by atoms with van der Waals surface area (Å²) in [7, 11) is 0. The molecule has 0 aliphatic carbocycles. The molecule has 0 radical (unpaired) electrons. The Kier molecular flexibility index (Phi) is 7.00. The van der Waals surface area contributed by atoms with Crippen LogP contribution in [0.2, 0.25) is 0 Å². The molecule has 29 heavy (non-hydrogen) atoms. The first-order valence-electron chi connectivity index (χ1n) is 9.57. The molecule has 0 fully saturated rings. The number of hydrogen-bond acceptors (Lipinski definition) is 3. The molecule has 0 unspecified atom stereocenters. The molecule has 3 aromatic rings. The van der Waals surface area contributed by atoms with E-state index < -0.39 is 0 Å². The fourth-order valence-electron chi connectivity index (χ4n) is 2.80. The molecular formula is C24H24N2O3. The number of carbonyl (C=O) groups is 2. The molecule has 2 amide bonds. The number of rotatable bonds is 8. The Hall–Kier alpha value is -3.60. The Morgan fingerprint density at radius 2 is 1.72 bits per heavy atom. The van der Waals surface area contributed by atoms with Gasteiger partial charge in [-0.25, -0.2) is 0 Å². The van der Waals surface area contributed by atoms with E-state index >= 15 is 0 Å². The van der Waals surface area contributed by atoms with Gasteiger partial charge >= 0.3 is 0 Å². The first-order valence-corrected chi connectivity index (χ1v) is 9.57. The van der Waals surface area contributed by atoms with Crippen molar-refractivity contribution in [1.29, 1.82) is 0 Å². The molecule has 0 aliphatic heterocycles. The Bertz CT molecular complexity index is 959. The summed E-state index contributed by atoms with van der Waals surface area (Å²) in [5.41, 5.74) is 3.08. The second-order valence-corrected chi connectivity index (χ2v) is 6.74. The van der Waals surface area contributed by atoms with Crippen LogP contribution in [0.15, 0.2) is 83.1 Å². The highest BCUT2D eigenvalue weighted by Crippen LogP contribution is 2.09. The van der Waals surface area contributed by atoms with Crippen molar-refractivity contribution in [3.8, 4) is 0 Å². The predicted octanol–water partition coefficient (Wildman–Crippen LogP) is 4.11. The van der Waals surface area contributed by atoms with Crippen LogP contribution in [-0.2, 0) is 11.2 Å². The van der Waals surface area contributed by atoms with Crippen LogP contribution in [0.1, 0.15) is 33.7 Å². The molecule has 5 nitrogen and oxygen atoms in total. The number of nitrogens with one attached hydrogen (secondary N) is 2. The van der Waals surface area contributed by atoms with Gasteiger partial charge in [-0.05, 0) is 49.6 Å². The summed E-state index contributed by atoms with van der Waals surface area (Å²) in [4.78, 5) is 25.1. The Balaban J connectivity index is 1.60. The highest BCUT2D eigenvalue weighted by atomic mass is 16.3. The van der Waals surface area contributed by atoms with Crippen molar-refractivity contribution >= 4 is 17.9 Å². The van der Waals surface area contributed by atoms with Crippen molar-refractivity contribution in [3.63, 3.8) is 0 Å². The van der Waals surface area contributed by atoms with Crippen LogP contribution in [0.4, 0.5) is 0 Å². The minimum absolute atomic E-state index is 0.143. The van der Waals surface area contributed by atoms with E-state index in [1.165, 1.54) is 23.5 Å². The Morgan fingerprint density at radius 1 is 0.966 bits per heavy atom. The van der Waals surface area contributed by atoms with E-state index in [9.17, 15) is 9.59 Å². The monoisotopic (exact) mass is 388 g/mol. The van der Waals surface area contributed by atoms with E-state index in [1.54, 1.807) is 36.4 Å². The molecule has 0 aliphatic rings. The predicted molar refractivity (Wildman–Crippen MR) is 113 cm³/mol. The summed E-state index contributed by atoms with van der Waals surface area (Å²) in [5.74, 6) is -0.212. The van der Waals surface area contributed by atoms with Crippen LogP contribution < -0.4 is 10.6 Å². The van der Waals surface area contributed by atoms with E-state index in [-0.39, 0.29) is 17.5 Å². The average Bonchev–Trinajstić information content (AvgIpc) is 3.25. The molecule has 3 rings (SSSR count). The van der Waals surface area contributed by atoms with Crippen LogP contribution in [0.5, 0.6) is 0 Å². The molecule has 0 saturated carbocycles. The maximum atomic E-state index is 12.7. The second kappa shape index (κ2) is 10.1. The second-order valence-electron chi connectivity index (χ2n) is 6.74. The number of benzene rings is 2. The third-order valence-corrected chi connectivity index (χ3v) is 4.41. The number of amides is 2. The first-order chi connectivity index (χ1) is 14.1. The number of carbonyl (C=O) groups excluding carboxylic acids is 2. The van der Waals surface area contributed by atoms with Gasteiger partial charge in [-0.3, -0.25) is 9.59 Å². The minimum atomic E-state index is -0.352. The lowest BCUT2D eigenvalue weighted by atomic mass is 10.1. The van der Waals surface area contributed by atoms with Gasteiger partial charge in [0.25, 0.3) is 11.8 Å². The minimum Gasteiger partial charge on any atom is -0.465 e. The highest BCUT2D eigenvalue weighted by Gasteiger charge is 2.14. The van der Waals surface area contributed by atoms with Gasteiger partial charge in [-0.15, -0.1) is 0 Å². The SMILES string of the molecule is Cc1ccc(CCCNC(=O)/C(=C/c2ccco2)NC(=O)c2ccccc2)cc1. The molecular weight excluding hydrogens is 364 g/mol. The van der Waals surface area contributed by atoms with Crippen LogP contribution >= 0.6 is 0 Å². The van der Waals surface area contributed by atoms with Crippen LogP contribution in [0, 0.1) is 6.92 Å². The van der Waals surface area contributed by atoms with Gasteiger partial charge in [-0.1, -0.05) is 48.0 Å². The molecule has 5 heteroatoms. The smallest absolute Gasteiger partial charge is 0.267 e. The lowest BCUT2D eigenvalue weighted by Gasteiger charge is -2.11. The van der Waals surface area contributed by atoms with Gasteiger partial charge in [0.2, 0.25) is 0 Å². The normalized spacial score (nSPS) is 11.1.